The molecule has 1 fully saturated rings. The van der Waals surface area contributed by atoms with Crippen LogP contribution in [0.3, 0.4) is 0 Å². The van der Waals surface area contributed by atoms with Crippen LogP contribution in [0.4, 0.5) is 5.69 Å². The van der Waals surface area contributed by atoms with Crippen LogP contribution in [0.2, 0.25) is 0 Å². The van der Waals surface area contributed by atoms with Crippen LogP contribution in [0.1, 0.15) is 15.9 Å². The maximum Gasteiger partial charge on any atom is 0.293 e. The molecular formula is C24H27N5O3. The van der Waals surface area contributed by atoms with Gasteiger partial charge in [-0.15, -0.1) is 0 Å². The first-order valence-corrected chi connectivity index (χ1v) is 10.7. The van der Waals surface area contributed by atoms with Crippen molar-refractivity contribution in [1.29, 1.82) is 0 Å². The molecule has 32 heavy (non-hydrogen) atoms. The van der Waals surface area contributed by atoms with Crippen molar-refractivity contribution in [2.45, 2.75) is 6.54 Å². The van der Waals surface area contributed by atoms with E-state index in [1.54, 1.807) is 35.2 Å². The Kier molecular flexibility index (Phi) is 6.72. The summed E-state index contributed by atoms with van der Waals surface area (Å²) in [5.74, 6) is -1.01. The summed E-state index contributed by atoms with van der Waals surface area (Å²) >= 11 is 0. The van der Waals surface area contributed by atoms with Crippen molar-refractivity contribution in [3.8, 4) is 0 Å². The summed E-state index contributed by atoms with van der Waals surface area (Å²) in [5, 5.41) is 2.41. The second-order valence-electron chi connectivity index (χ2n) is 8.19. The molecule has 2 aliphatic heterocycles. The van der Waals surface area contributed by atoms with E-state index >= 15 is 0 Å². The van der Waals surface area contributed by atoms with Gasteiger partial charge in [0, 0.05) is 38.3 Å². The molecule has 0 spiro atoms. The molecule has 1 N–H and O–H groups in total. The van der Waals surface area contributed by atoms with E-state index in [9.17, 15) is 14.4 Å². The quantitative estimate of drug-likeness (QED) is 0.692. The van der Waals surface area contributed by atoms with Crippen LogP contribution in [-0.2, 0) is 16.1 Å². The Hall–Kier alpha value is -3.36. The van der Waals surface area contributed by atoms with Crippen molar-refractivity contribution < 1.29 is 14.4 Å². The zero-order chi connectivity index (χ0) is 22.5. The monoisotopic (exact) mass is 433 g/mol. The molecule has 166 valence electrons. The van der Waals surface area contributed by atoms with Gasteiger partial charge < -0.3 is 9.80 Å². The van der Waals surface area contributed by atoms with Crippen LogP contribution in [0.5, 0.6) is 0 Å². The number of piperazine rings is 1. The summed E-state index contributed by atoms with van der Waals surface area (Å²) in [6.45, 7) is 4.34. The number of hydrogen-bond donors (Lipinski definition) is 1. The minimum atomic E-state index is -0.610. The third-order valence-corrected chi connectivity index (χ3v) is 5.71. The summed E-state index contributed by atoms with van der Waals surface area (Å²) in [6, 6.07) is 16.0. The maximum atomic E-state index is 13.0. The molecule has 2 amide bonds. The Balaban J connectivity index is 1.48. The number of imide groups is 1. The highest BCUT2D eigenvalue weighted by Gasteiger charge is 2.29. The van der Waals surface area contributed by atoms with Crippen LogP contribution in [-0.4, -0.2) is 84.4 Å². The van der Waals surface area contributed by atoms with E-state index in [2.05, 4.69) is 27.2 Å². The van der Waals surface area contributed by atoms with E-state index in [0.29, 0.717) is 24.3 Å². The van der Waals surface area contributed by atoms with Crippen LogP contribution in [0.15, 0.2) is 59.6 Å². The number of carbonyl (C=O) groups is 3. The first-order chi connectivity index (χ1) is 15.5. The third kappa shape index (κ3) is 5.27. The summed E-state index contributed by atoms with van der Waals surface area (Å²) in [5.41, 5.74) is 1.99. The number of amidine groups is 1. The second kappa shape index (κ2) is 9.84. The first-order valence-electron chi connectivity index (χ1n) is 10.7. The third-order valence-electron chi connectivity index (χ3n) is 5.71. The summed E-state index contributed by atoms with van der Waals surface area (Å²) in [7, 11) is 2.07. The molecule has 0 bridgehead atoms. The first kappa shape index (κ1) is 21.9. The molecule has 8 nitrogen and oxygen atoms in total. The van der Waals surface area contributed by atoms with E-state index in [4.69, 9.17) is 0 Å². The average Bonchev–Trinajstić information content (AvgIpc) is 2.80. The van der Waals surface area contributed by atoms with E-state index in [-0.39, 0.29) is 18.2 Å². The predicted molar refractivity (Wildman–Crippen MR) is 122 cm³/mol. The number of benzene rings is 2. The molecule has 2 aromatic rings. The smallest absolute Gasteiger partial charge is 0.293 e. The van der Waals surface area contributed by atoms with Gasteiger partial charge in [-0.05, 0) is 30.8 Å². The Bertz CT molecular complexity index is 1030. The fraction of sp³-hybridized carbons (Fsp3) is 0.333. The van der Waals surface area contributed by atoms with Gasteiger partial charge in [0.2, 0.25) is 0 Å². The lowest BCUT2D eigenvalue weighted by atomic mass is 10.1. The zero-order valence-corrected chi connectivity index (χ0v) is 18.2. The maximum absolute atomic E-state index is 13.0. The molecule has 2 heterocycles. The number of carbonyl (C=O) groups excluding carboxylic acids is 3. The molecule has 0 atom stereocenters. The van der Waals surface area contributed by atoms with Crippen LogP contribution in [0, 0.1) is 0 Å². The molecule has 0 aromatic heterocycles. The number of amides is 2. The minimum absolute atomic E-state index is 0.0174. The lowest BCUT2D eigenvalue weighted by Crippen LogP contribution is -2.50. The molecule has 1 saturated heterocycles. The minimum Gasteiger partial charge on any atom is -0.340 e. The van der Waals surface area contributed by atoms with Gasteiger partial charge in [-0.2, -0.15) is 0 Å². The standard InChI is InChI=1S/C24H27N5O3/c1-27-11-13-28(14-12-27)16-20(30)17-29-15-19-9-5-6-10-21(19)25-22(29)24(32)26-23(31)18-7-3-2-4-8-18/h2-10H,11-17H2,1H3,(H,26,31,32). The lowest BCUT2D eigenvalue weighted by molar-refractivity contribution is -0.121. The molecular weight excluding hydrogens is 406 g/mol. The van der Waals surface area contributed by atoms with Gasteiger partial charge >= 0.3 is 0 Å². The van der Waals surface area contributed by atoms with Crippen molar-refractivity contribution >= 4 is 29.1 Å². The number of fused-ring (bicyclic) bond motifs is 1. The summed E-state index contributed by atoms with van der Waals surface area (Å²) < 4.78 is 0. The van der Waals surface area contributed by atoms with Gasteiger partial charge in [0.15, 0.2) is 11.6 Å². The second-order valence-corrected chi connectivity index (χ2v) is 8.19. The number of aliphatic imine (C=N–C) groups is 1. The van der Waals surface area contributed by atoms with Gasteiger partial charge in [0.1, 0.15) is 0 Å². The summed E-state index contributed by atoms with van der Waals surface area (Å²) in [4.78, 5) is 48.8. The van der Waals surface area contributed by atoms with Crippen LogP contribution < -0.4 is 5.32 Å². The number of para-hydroxylation sites is 1. The normalized spacial score (nSPS) is 16.8. The highest BCUT2D eigenvalue weighted by atomic mass is 16.2. The number of ketones is 1. The highest BCUT2D eigenvalue weighted by Crippen LogP contribution is 2.25. The number of likely N-dealkylation sites (N-methyl/N-ethyl adjacent to an activating group) is 1. The van der Waals surface area contributed by atoms with Crippen molar-refractivity contribution in [2.75, 3.05) is 46.3 Å². The molecule has 8 heteroatoms. The van der Waals surface area contributed by atoms with Crippen molar-refractivity contribution in [3.05, 3.63) is 65.7 Å². The molecule has 2 aromatic carbocycles. The number of nitrogens with zero attached hydrogens (tertiary/aromatic N) is 4. The Morgan fingerprint density at radius 2 is 1.56 bits per heavy atom. The number of nitrogens with one attached hydrogen (secondary N) is 1. The number of hydrogen-bond acceptors (Lipinski definition) is 7. The van der Waals surface area contributed by atoms with Crippen molar-refractivity contribution in [2.24, 2.45) is 4.99 Å². The van der Waals surface area contributed by atoms with Gasteiger partial charge in [0.25, 0.3) is 11.8 Å². The van der Waals surface area contributed by atoms with E-state index in [1.165, 1.54) is 0 Å². The van der Waals surface area contributed by atoms with E-state index < -0.39 is 11.8 Å². The fourth-order valence-corrected chi connectivity index (χ4v) is 3.88. The Morgan fingerprint density at radius 1 is 0.875 bits per heavy atom. The molecule has 0 aliphatic carbocycles. The lowest BCUT2D eigenvalue weighted by Gasteiger charge is -2.33. The Morgan fingerprint density at radius 3 is 2.31 bits per heavy atom. The van der Waals surface area contributed by atoms with Gasteiger partial charge in [-0.25, -0.2) is 4.99 Å². The number of rotatable bonds is 6. The van der Waals surface area contributed by atoms with Gasteiger partial charge in [-0.1, -0.05) is 36.4 Å². The fourth-order valence-electron chi connectivity index (χ4n) is 3.88. The van der Waals surface area contributed by atoms with Crippen LogP contribution >= 0.6 is 0 Å². The molecule has 2 aliphatic rings. The van der Waals surface area contributed by atoms with E-state index in [0.717, 1.165) is 31.7 Å². The van der Waals surface area contributed by atoms with E-state index in [1.807, 2.05) is 24.3 Å². The molecule has 0 radical (unpaired) electrons. The molecule has 0 saturated carbocycles. The topological polar surface area (TPSA) is 85.3 Å². The largest absolute Gasteiger partial charge is 0.340 e. The SMILES string of the molecule is CN1CCN(CC(=O)CN2Cc3ccccc3N=C2C(=O)NC(=O)c2ccccc2)CC1. The highest BCUT2D eigenvalue weighted by molar-refractivity contribution is 6.41. The molecule has 0 unspecified atom stereocenters. The van der Waals surface area contributed by atoms with Gasteiger partial charge in [-0.3, -0.25) is 24.6 Å². The van der Waals surface area contributed by atoms with Crippen molar-refractivity contribution in [3.63, 3.8) is 0 Å². The van der Waals surface area contributed by atoms with Crippen LogP contribution in [0.25, 0.3) is 0 Å². The Labute approximate surface area is 187 Å². The average molecular weight is 434 g/mol. The predicted octanol–water partition coefficient (Wildman–Crippen LogP) is 1.31. The number of Topliss-reactive ketones (excluding diaryl/α,β-unsaturated/α-hetero) is 1. The van der Waals surface area contributed by atoms with Crippen molar-refractivity contribution in [1.82, 2.24) is 20.0 Å². The summed E-state index contributed by atoms with van der Waals surface area (Å²) in [6.07, 6.45) is 0. The molecule has 4 rings (SSSR count). The van der Waals surface area contributed by atoms with Gasteiger partial charge in [0.05, 0.1) is 18.8 Å². The zero-order valence-electron chi connectivity index (χ0n) is 18.2.